The van der Waals surface area contributed by atoms with E-state index in [1.807, 2.05) is 30.3 Å². The standard InChI is InChI=1S/C35H35ClN2O5S/c1-35(2,3)24-13-14-26-29(18-24)44-33(30(26)32(39)38-25-11-6-5-7-12-25)37-19-22-16-27(36)31(28(17-22)42-4)43-20-21-9-8-10-23(15-21)34(40)41/h5-12,15-17,19,24H,13-14,18,20H2,1-4H3,(H,38,39)(H,40,41)/t24-/m0/s1. The minimum Gasteiger partial charge on any atom is -0.493 e. The molecule has 9 heteroatoms. The maximum atomic E-state index is 13.6. The van der Waals surface area contributed by atoms with Gasteiger partial charge in [-0.3, -0.25) is 4.79 Å². The Morgan fingerprint density at radius 2 is 1.89 bits per heavy atom. The minimum atomic E-state index is -1.01. The van der Waals surface area contributed by atoms with E-state index in [0.717, 1.165) is 30.5 Å². The van der Waals surface area contributed by atoms with Gasteiger partial charge in [-0.2, -0.15) is 0 Å². The molecule has 0 spiro atoms. The zero-order valence-electron chi connectivity index (χ0n) is 25.1. The number of hydrogen-bond donors (Lipinski definition) is 2. The van der Waals surface area contributed by atoms with Crippen LogP contribution >= 0.6 is 22.9 Å². The highest BCUT2D eigenvalue weighted by Gasteiger charge is 2.33. The zero-order chi connectivity index (χ0) is 31.4. The highest BCUT2D eigenvalue weighted by Crippen LogP contribution is 2.45. The molecule has 1 atom stereocenters. The largest absolute Gasteiger partial charge is 0.493 e. The van der Waals surface area contributed by atoms with E-state index >= 15 is 0 Å². The number of rotatable bonds is 9. The van der Waals surface area contributed by atoms with E-state index in [1.54, 1.807) is 47.9 Å². The molecule has 0 bridgehead atoms. The third-order valence-corrected chi connectivity index (χ3v) is 9.31. The Bertz CT molecular complexity index is 1710. The molecule has 1 aliphatic rings. The van der Waals surface area contributed by atoms with Crippen molar-refractivity contribution in [3.8, 4) is 11.5 Å². The number of amides is 1. The van der Waals surface area contributed by atoms with Gasteiger partial charge in [-0.1, -0.05) is 62.7 Å². The number of thiophene rings is 1. The molecule has 2 N–H and O–H groups in total. The van der Waals surface area contributed by atoms with Gasteiger partial charge in [0.2, 0.25) is 0 Å². The van der Waals surface area contributed by atoms with E-state index in [9.17, 15) is 14.7 Å². The molecule has 44 heavy (non-hydrogen) atoms. The van der Waals surface area contributed by atoms with Crippen LogP contribution in [0.1, 0.15) is 69.5 Å². The molecule has 0 saturated carbocycles. The van der Waals surface area contributed by atoms with Gasteiger partial charge in [0, 0.05) is 16.8 Å². The van der Waals surface area contributed by atoms with Crippen LogP contribution < -0.4 is 14.8 Å². The summed E-state index contributed by atoms with van der Waals surface area (Å²) in [5, 5.41) is 13.3. The van der Waals surface area contributed by atoms with Gasteiger partial charge in [0.25, 0.3) is 5.91 Å². The van der Waals surface area contributed by atoms with Gasteiger partial charge in [-0.05, 0) is 83.7 Å². The number of carboxylic acids is 1. The number of carboxylic acid groups (broad SMARTS) is 1. The molecule has 7 nitrogen and oxygen atoms in total. The monoisotopic (exact) mass is 630 g/mol. The fourth-order valence-electron chi connectivity index (χ4n) is 5.39. The first kappa shape index (κ1) is 31.3. The molecule has 3 aromatic carbocycles. The van der Waals surface area contributed by atoms with Crippen molar-refractivity contribution in [3.05, 3.63) is 104 Å². The van der Waals surface area contributed by atoms with Gasteiger partial charge in [0.1, 0.15) is 11.6 Å². The molecule has 0 radical (unpaired) electrons. The average molecular weight is 631 g/mol. The van der Waals surface area contributed by atoms with Crippen LogP contribution in [-0.2, 0) is 19.4 Å². The number of aromatic carboxylic acids is 1. The van der Waals surface area contributed by atoms with E-state index in [-0.39, 0.29) is 23.5 Å². The van der Waals surface area contributed by atoms with Gasteiger partial charge in [0.15, 0.2) is 11.5 Å². The number of carbonyl (C=O) groups excluding carboxylic acids is 1. The summed E-state index contributed by atoms with van der Waals surface area (Å²) in [5.41, 5.74) is 4.16. The van der Waals surface area contributed by atoms with Crippen molar-refractivity contribution < 1.29 is 24.2 Å². The summed E-state index contributed by atoms with van der Waals surface area (Å²) >= 11 is 8.21. The molecule has 0 unspecified atom stereocenters. The molecule has 1 heterocycles. The van der Waals surface area contributed by atoms with Crippen molar-refractivity contribution >= 4 is 51.7 Å². The number of para-hydroxylation sites is 1. The fraction of sp³-hybridized carbons (Fsp3) is 0.286. The van der Waals surface area contributed by atoms with Gasteiger partial charge < -0.3 is 19.9 Å². The number of benzene rings is 3. The lowest BCUT2D eigenvalue weighted by molar-refractivity contribution is 0.0696. The van der Waals surface area contributed by atoms with E-state index < -0.39 is 5.97 Å². The summed E-state index contributed by atoms with van der Waals surface area (Å²) in [6.07, 6.45) is 4.47. The molecule has 5 rings (SSSR count). The first-order valence-corrected chi connectivity index (χ1v) is 15.6. The normalized spacial score (nSPS) is 14.7. The molecule has 4 aromatic rings. The smallest absolute Gasteiger partial charge is 0.335 e. The van der Waals surface area contributed by atoms with Crippen molar-refractivity contribution in [1.82, 2.24) is 0 Å². The van der Waals surface area contributed by atoms with Gasteiger partial charge in [-0.25, -0.2) is 9.79 Å². The Morgan fingerprint density at radius 3 is 2.59 bits per heavy atom. The average Bonchev–Trinajstić information content (AvgIpc) is 3.37. The van der Waals surface area contributed by atoms with Crippen LogP contribution in [0.3, 0.4) is 0 Å². The number of carbonyl (C=O) groups is 2. The maximum Gasteiger partial charge on any atom is 0.335 e. The molecule has 0 fully saturated rings. The molecular weight excluding hydrogens is 596 g/mol. The lowest BCUT2D eigenvalue weighted by Crippen LogP contribution is -2.27. The summed E-state index contributed by atoms with van der Waals surface area (Å²) in [4.78, 5) is 31.0. The summed E-state index contributed by atoms with van der Waals surface area (Å²) in [6, 6.07) is 19.5. The number of methoxy groups -OCH3 is 1. The number of nitrogens with zero attached hydrogens (tertiary/aromatic N) is 1. The molecule has 0 saturated heterocycles. The number of aliphatic imine (C=N–C) groups is 1. The Morgan fingerprint density at radius 1 is 1.11 bits per heavy atom. The van der Waals surface area contributed by atoms with Crippen LogP contribution in [-0.4, -0.2) is 30.3 Å². The van der Waals surface area contributed by atoms with E-state index in [2.05, 4.69) is 26.1 Å². The van der Waals surface area contributed by atoms with Crippen molar-refractivity contribution in [1.29, 1.82) is 0 Å². The highest BCUT2D eigenvalue weighted by molar-refractivity contribution is 7.16. The Balaban J connectivity index is 1.43. The predicted molar refractivity (Wildman–Crippen MR) is 177 cm³/mol. The topological polar surface area (TPSA) is 97.2 Å². The third kappa shape index (κ3) is 7.14. The summed E-state index contributed by atoms with van der Waals surface area (Å²) in [6.45, 7) is 6.93. The SMILES string of the molecule is COc1cc(C=Nc2sc3c(c2C(=O)Nc2ccccc2)CC[C@H](C(C)(C)C)C3)cc(Cl)c1OCc1cccc(C(=O)O)c1. The van der Waals surface area contributed by atoms with E-state index in [4.69, 9.17) is 26.1 Å². The first-order chi connectivity index (χ1) is 21.0. The Kier molecular flexibility index (Phi) is 9.42. The molecule has 228 valence electrons. The number of anilines is 1. The summed E-state index contributed by atoms with van der Waals surface area (Å²) in [5.74, 6) is 0.107. The quantitative estimate of drug-likeness (QED) is 0.180. The van der Waals surface area contributed by atoms with Crippen molar-refractivity contribution in [2.75, 3.05) is 12.4 Å². The lowest BCUT2D eigenvalue weighted by Gasteiger charge is -2.33. The third-order valence-electron chi connectivity index (χ3n) is 7.87. The van der Waals surface area contributed by atoms with Crippen molar-refractivity contribution in [3.63, 3.8) is 0 Å². The Labute approximate surface area is 266 Å². The van der Waals surface area contributed by atoms with Crippen LogP contribution in [0.4, 0.5) is 10.7 Å². The Hall–Kier alpha value is -4.14. The first-order valence-electron chi connectivity index (χ1n) is 14.4. The molecular formula is C35H35ClN2O5S. The van der Waals surface area contributed by atoms with Crippen LogP contribution in [0.15, 0.2) is 71.7 Å². The van der Waals surface area contributed by atoms with Crippen LogP contribution in [0.2, 0.25) is 5.02 Å². The fourth-order valence-corrected chi connectivity index (χ4v) is 6.93. The van der Waals surface area contributed by atoms with Crippen molar-refractivity contribution in [2.24, 2.45) is 16.3 Å². The summed E-state index contributed by atoms with van der Waals surface area (Å²) < 4.78 is 11.5. The van der Waals surface area contributed by atoms with Crippen LogP contribution in [0, 0.1) is 11.3 Å². The van der Waals surface area contributed by atoms with E-state index in [0.29, 0.717) is 44.1 Å². The van der Waals surface area contributed by atoms with Crippen LogP contribution in [0.5, 0.6) is 11.5 Å². The molecule has 1 aliphatic carbocycles. The highest BCUT2D eigenvalue weighted by atomic mass is 35.5. The second kappa shape index (κ2) is 13.2. The molecule has 1 aromatic heterocycles. The van der Waals surface area contributed by atoms with Gasteiger partial charge in [0.05, 0.1) is 23.3 Å². The van der Waals surface area contributed by atoms with Gasteiger partial charge in [-0.15, -0.1) is 11.3 Å². The zero-order valence-corrected chi connectivity index (χ0v) is 26.7. The number of nitrogens with one attached hydrogen (secondary N) is 1. The number of ether oxygens (including phenoxy) is 2. The maximum absolute atomic E-state index is 13.6. The summed E-state index contributed by atoms with van der Waals surface area (Å²) in [7, 11) is 1.52. The second-order valence-electron chi connectivity index (χ2n) is 11.9. The van der Waals surface area contributed by atoms with Gasteiger partial charge >= 0.3 is 5.97 Å². The lowest BCUT2D eigenvalue weighted by atomic mass is 9.72. The van der Waals surface area contributed by atoms with Crippen molar-refractivity contribution in [2.45, 2.75) is 46.6 Å². The number of halogens is 1. The number of fused-ring (bicyclic) bond motifs is 1. The molecule has 0 aliphatic heterocycles. The van der Waals surface area contributed by atoms with Crippen LogP contribution in [0.25, 0.3) is 0 Å². The minimum absolute atomic E-state index is 0.112. The molecule has 1 amide bonds. The van der Waals surface area contributed by atoms with E-state index in [1.165, 1.54) is 18.1 Å². The second-order valence-corrected chi connectivity index (χ2v) is 13.4. The predicted octanol–water partition coefficient (Wildman–Crippen LogP) is 8.84. The number of hydrogen-bond acceptors (Lipinski definition) is 6.